The highest BCUT2D eigenvalue weighted by molar-refractivity contribution is 7.07. The lowest BCUT2D eigenvalue weighted by Crippen LogP contribution is -2.40. The van der Waals surface area contributed by atoms with Gasteiger partial charge in [-0.05, 0) is 49.6 Å². The minimum atomic E-state index is -0.797. The Kier molecular flexibility index (Phi) is 8.15. The van der Waals surface area contributed by atoms with Crippen LogP contribution in [0.3, 0.4) is 0 Å². The summed E-state index contributed by atoms with van der Waals surface area (Å²) in [6.45, 7) is 3.66. The highest BCUT2D eigenvalue weighted by Gasteiger charge is 2.33. The number of carbonyl (C=O) groups is 1. The topological polar surface area (TPSA) is 116 Å². The number of hydrogen-bond donors (Lipinski definition) is 0. The van der Waals surface area contributed by atoms with Gasteiger partial charge in [-0.25, -0.2) is 9.79 Å². The first-order valence-corrected chi connectivity index (χ1v) is 14.0. The first kappa shape index (κ1) is 27.8. The molecule has 3 aromatic rings. The number of rotatable bonds is 8. The molecule has 2 aliphatic heterocycles. The summed E-state index contributed by atoms with van der Waals surface area (Å²) in [6, 6.07) is 10.8. The Morgan fingerprint density at radius 3 is 2.60 bits per heavy atom. The molecular formula is C28H27ClN4O6S. The van der Waals surface area contributed by atoms with Crippen LogP contribution >= 0.6 is 22.9 Å². The molecule has 1 aromatic heterocycles. The zero-order valence-corrected chi connectivity index (χ0v) is 23.5. The molecule has 2 aromatic carbocycles. The van der Waals surface area contributed by atoms with Gasteiger partial charge in [0.05, 0.1) is 33.4 Å². The van der Waals surface area contributed by atoms with Gasteiger partial charge in [0.25, 0.3) is 11.2 Å². The molecule has 1 atom stereocenters. The first-order chi connectivity index (χ1) is 19.3. The second-order valence-corrected chi connectivity index (χ2v) is 10.9. The number of allylic oxidation sites excluding steroid dienone is 1. The molecule has 1 unspecified atom stereocenters. The molecule has 10 nitrogen and oxygen atoms in total. The van der Waals surface area contributed by atoms with Crippen molar-refractivity contribution in [2.24, 2.45) is 4.99 Å². The summed E-state index contributed by atoms with van der Waals surface area (Å²) in [4.78, 5) is 45.5. The first-order valence-electron chi connectivity index (χ1n) is 12.8. The number of nitro groups is 1. The van der Waals surface area contributed by atoms with Crippen molar-refractivity contribution in [3.63, 3.8) is 0 Å². The van der Waals surface area contributed by atoms with Crippen molar-refractivity contribution in [2.45, 2.75) is 25.8 Å². The summed E-state index contributed by atoms with van der Waals surface area (Å²) in [5, 5.41) is 12.1. The van der Waals surface area contributed by atoms with Gasteiger partial charge in [-0.15, -0.1) is 0 Å². The Labute approximate surface area is 238 Å². The number of nitro benzene ring substituents is 1. The molecule has 0 saturated carbocycles. The van der Waals surface area contributed by atoms with E-state index in [-0.39, 0.29) is 30.0 Å². The van der Waals surface area contributed by atoms with Gasteiger partial charge in [0.1, 0.15) is 6.61 Å². The minimum absolute atomic E-state index is 0.0515. The van der Waals surface area contributed by atoms with Crippen LogP contribution in [0.5, 0.6) is 0 Å². The number of esters is 1. The predicted molar refractivity (Wildman–Crippen MR) is 153 cm³/mol. The van der Waals surface area contributed by atoms with Gasteiger partial charge < -0.3 is 14.4 Å². The maximum Gasteiger partial charge on any atom is 0.338 e. The van der Waals surface area contributed by atoms with Crippen LogP contribution in [0.25, 0.3) is 6.08 Å². The molecule has 0 radical (unpaired) electrons. The zero-order valence-electron chi connectivity index (χ0n) is 22.0. The summed E-state index contributed by atoms with van der Waals surface area (Å²) in [7, 11) is 1.51. The number of nitrogens with zero attached hydrogens (tertiary/aromatic N) is 4. The van der Waals surface area contributed by atoms with Crippen LogP contribution in [0.1, 0.15) is 36.9 Å². The standard InChI is InChI=1S/C28H27ClN4O6S/c1-17-24(27(35)39-14-13-38-2)25(18-5-7-20(29)8-6-18)32-26(34)23(40-28(32)30-17)16-19-15-21(33(36)37)9-10-22(19)31-11-3-4-12-31/h5-10,15-16,25H,3-4,11-14H2,1-2H3. The fraction of sp³-hybridized carbons (Fsp3) is 0.321. The third kappa shape index (κ3) is 5.45. The van der Waals surface area contributed by atoms with Crippen molar-refractivity contribution in [2.75, 3.05) is 38.3 Å². The van der Waals surface area contributed by atoms with Crippen molar-refractivity contribution in [3.8, 4) is 0 Å². The van der Waals surface area contributed by atoms with E-state index in [1.807, 2.05) is 0 Å². The van der Waals surface area contributed by atoms with Crippen molar-refractivity contribution < 1.29 is 19.2 Å². The Morgan fingerprint density at radius 2 is 1.93 bits per heavy atom. The van der Waals surface area contributed by atoms with Gasteiger partial charge in [0.2, 0.25) is 0 Å². The number of non-ortho nitro benzene ring substituents is 1. The van der Waals surface area contributed by atoms with E-state index in [4.69, 9.17) is 21.1 Å². The maximum absolute atomic E-state index is 14.0. The van der Waals surface area contributed by atoms with E-state index < -0.39 is 16.9 Å². The number of aromatic nitrogens is 1. The second-order valence-electron chi connectivity index (χ2n) is 9.46. The fourth-order valence-corrected chi connectivity index (χ4v) is 6.16. The third-order valence-corrected chi connectivity index (χ3v) is 8.14. The second kappa shape index (κ2) is 11.7. The molecule has 5 rings (SSSR count). The molecule has 1 saturated heterocycles. The van der Waals surface area contributed by atoms with E-state index >= 15 is 0 Å². The van der Waals surface area contributed by atoms with Crippen molar-refractivity contribution in [1.82, 2.24) is 4.57 Å². The summed E-state index contributed by atoms with van der Waals surface area (Å²) < 4.78 is 12.3. The third-order valence-electron chi connectivity index (χ3n) is 6.90. The van der Waals surface area contributed by atoms with Gasteiger partial charge in [0.15, 0.2) is 4.80 Å². The van der Waals surface area contributed by atoms with Gasteiger partial charge in [-0.3, -0.25) is 19.5 Å². The van der Waals surface area contributed by atoms with Crippen LogP contribution in [-0.4, -0.2) is 48.9 Å². The van der Waals surface area contributed by atoms with E-state index in [9.17, 15) is 19.7 Å². The Hall–Kier alpha value is -3.80. The molecule has 12 heteroatoms. The highest BCUT2D eigenvalue weighted by Crippen LogP contribution is 2.32. The van der Waals surface area contributed by atoms with Crippen LogP contribution in [0, 0.1) is 10.1 Å². The molecular weight excluding hydrogens is 556 g/mol. The number of methoxy groups -OCH3 is 1. The predicted octanol–water partition coefficient (Wildman–Crippen LogP) is 3.59. The number of fused-ring (bicyclic) bond motifs is 1. The van der Waals surface area contributed by atoms with E-state index in [1.165, 1.54) is 35.1 Å². The lowest BCUT2D eigenvalue weighted by Gasteiger charge is -2.24. The smallest absolute Gasteiger partial charge is 0.338 e. The Bertz CT molecular complexity index is 1670. The summed E-state index contributed by atoms with van der Waals surface area (Å²) in [6.07, 6.45) is 3.74. The molecule has 208 valence electrons. The summed E-state index contributed by atoms with van der Waals surface area (Å²) in [5.41, 5.74) is 2.34. The summed E-state index contributed by atoms with van der Waals surface area (Å²) >= 11 is 7.30. The molecule has 40 heavy (non-hydrogen) atoms. The van der Waals surface area contributed by atoms with E-state index in [0.717, 1.165) is 31.6 Å². The summed E-state index contributed by atoms with van der Waals surface area (Å²) in [5.74, 6) is -0.595. The number of carbonyl (C=O) groups excluding carboxylic acids is 1. The maximum atomic E-state index is 14.0. The number of anilines is 1. The van der Waals surface area contributed by atoms with Crippen LogP contribution in [0.15, 0.2) is 63.5 Å². The molecule has 0 aliphatic carbocycles. The number of thiazole rings is 1. The molecule has 0 bridgehead atoms. The van der Waals surface area contributed by atoms with Crippen LogP contribution in [0.4, 0.5) is 11.4 Å². The SMILES string of the molecule is COCCOC(=O)C1=C(C)N=c2sc(=Cc3cc([N+](=O)[O-])ccc3N3CCCC3)c(=O)n2C1c1ccc(Cl)cc1. The lowest BCUT2D eigenvalue weighted by atomic mass is 9.96. The van der Waals surface area contributed by atoms with Crippen LogP contribution in [0.2, 0.25) is 5.02 Å². The molecule has 2 aliphatic rings. The molecule has 3 heterocycles. The molecule has 1 fully saturated rings. The number of ether oxygens (including phenoxy) is 2. The van der Waals surface area contributed by atoms with Crippen molar-refractivity contribution in [3.05, 3.63) is 99.7 Å². The normalized spacial score (nSPS) is 17.1. The van der Waals surface area contributed by atoms with Crippen LogP contribution < -0.4 is 19.8 Å². The quantitative estimate of drug-likeness (QED) is 0.172. The fourth-order valence-electron chi connectivity index (χ4n) is 5.00. The number of benzene rings is 2. The Morgan fingerprint density at radius 1 is 1.20 bits per heavy atom. The van der Waals surface area contributed by atoms with E-state index in [2.05, 4.69) is 9.89 Å². The zero-order chi connectivity index (χ0) is 28.4. The minimum Gasteiger partial charge on any atom is -0.460 e. The average molecular weight is 583 g/mol. The Balaban J connectivity index is 1.68. The molecule has 0 N–H and O–H groups in total. The lowest BCUT2D eigenvalue weighted by molar-refractivity contribution is -0.384. The van der Waals surface area contributed by atoms with Gasteiger partial charge in [-0.1, -0.05) is 35.1 Å². The monoisotopic (exact) mass is 582 g/mol. The van der Waals surface area contributed by atoms with Gasteiger partial charge >= 0.3 is 5.97 Å². The van der Waals surface area contributed by atoms with Crippen molar-refractivity contribution >= 4 is 46.4 Å². The van der Waals surface area contributed by atoms with Crippen molar-refractivity contribution in [1.29, 1.82) is 0 Å². The largest absolute Gasteiger partial charge is 0.460 e. The molecule has 0 amide bonds. The van der Waals surface area contributed by atoms with Gasteiger partial charge in [0, 0.05) is 48.6 Å². The highest BCUT2D eigenvalue weighted by atomic mass is 35.5. The number of halogens is 1. The van der Waals surface area contributed by atoms with Crippen LogP contribution in [-0.2, 0) is 14.3 Å². The van der Waals surface area contributed by atoms with Gasteiger partial charge in [-0.2, -0.15) is 0 Å². The molecule has 0 spiro atoms. The average Bonchev–Trinajstić information content (AvgIpc) is 3.57. The van der Waals surface area contributed by atoms with E-state index in [1.54, 1.807) is 43.3 Å². The van der Waals surface area contributed by atoms with E-state index in [0.29, 0.717) is 31.2 Å². The number of hydrogen-bond acceptors (Lipinski definition) is 9.